The smallest absolute Gasteiger partial charge is 0.410 e. The van der Waals surface area contributed by atoms with Crippen LogP contribution in [0.25, 0.3) is 0 Å². The van der Waals surface area contributed by atoms with Gasteiger partial charge in [0, 0.05) is 11.5 Å². The van der Waals surface area contributed by atoms with Crippen LogP contribution >= 0.6 is 0 Å². The number of amides is 2. The van der Waals surface area contributed by atoms with Crippen molar-refractivity contribution < 1.29 is 23.9 Å². The van der Waals surface area contributed by atoms with Crippen molar-refractivity contribution in [3.05, 3.63) is 0 Å². The van der Waals surface area contributed by atoms with Gasteiger partial charge >= 0.3 is 12.1 Å². The first-order valence-corrected chi connectivity index (χ1v) is 9.83. The Morgan fingerprint density at radius 2 is 1.70 bits per heavy atom. The highest BCUT2D eigenvalue weighted by Crippen LogP contribution is 2.42. The Morgan fingerprint density at radius 1 is 1.07 bits per heavy atom. The standard InChI is InChI=1S/C20H34N2O5/c1-8-26-16(23)12-21(17(24)19(2,3)4)14-10-9-13-11-15(14)22(13)18(25)27-20(5,6)7/h13-15H,8-12H2,1-7H3. The molecule has 1 aliphatic carbocycles. The Hall–Kier alpha value is -1.79. The second-order valence-corrected chi connectivity index (χ2v) is 9.48. The molecule has 0 spiro atoms. The molecule has 2 heterocycles. The number of esters is 1. The number of rotatable bonds is 4. The zero-order chi connectivity index (χ0) is 20.6. The van der Waals surface area contributed by atoms with Crippen LogP contribution in [0, 0.1) is 5.41 Å². The van der Waals surface area contributed by atoms with Gasteiger partial charge in [-0.05, 0) is 47.0 Å². The van der Waals surface area contributed by atoms with Gasteiger partial charge in [0.2, 0.25) is 5.91 Å². The number of ether oxygens (including phenoxy) is 2. The van der Waals surface area contributed by atoms with Crippen LogP contribution in [-0.2, 0) is 19.1 Å². The van der Waals surface area contributed by atoms with Crippen LogP contribution in [0.1, 0.15) is 67.7 Å². The molecule has 2 amide bonds. The normalized spacial score (nSPS) is 24.7. The maximum absolute atomic E-state index is 13.1. The fraction of sp³-hybridized carbons (Fsp3) is 0.850. The summed E-state index contributed by atoms with van der Waals surface area (Å²) in [6, 6.07) is -0.145. The third-order valence-electron chi connectivity index (χ3n) is 5.02. The lowest BCUT2D eigenvalue weighted by atomic mass is 9.75. The third kappa shape index (κ3) is 4.93. The summed E-state index contributed by atoms with van der Waals surface area (Å²) < 4.78 is 10.6. The fourth-order valence-electron chi connectivity index (χ4n) is 3.87. The molecule has 7 nitrogen and oxygen atoms in total. The van der Waals surface area contributed by atoms with Crippen LogP contribution in [0.5, 0.6) is 0 Å². The van der Waals surface area contributed by atoms with Gasteiger partial charge in [-0.3, -0.25) is 9.59 Å². The second-order valence-electron chi connectivity index (χ2n) is 9.48. The van der Waals surface area contributed by atoms with Crippen LogP contribution in [0.3, 0.4) is 0 Å². The van der Waals surface area contributed by atoms with Crippen molar-refractivity contribution in [2.45, 2.75) is 91.5 Å². The molecule has 2 aliphatic heterocycles. The van der Waals surface area contributed by atoms with Gasteiger partial charge in [-0.25, -0.2) is 4.79 Å². The van der Waals surface area contributed by atoms with Crippen molar-refractivity contribution in [1.29, 1.82) is 0 Å². The van der Waals surface area contributed by atoms with E-state index in [-0.39, 0.29) is 43.3 Å². The zero-order valence-corrected chi connectivity index (χ0v) is 17.7. The van der Waals surface area contributed by atoms with E-state index in [1.807, 2.05) is 41.5 Å². The molecule has 27 heavy (non-hydrogen) atoms. The second kappa shape index (κ2) is 7.68. The fourth-order valence-corrected chi connectivity index (χ4v) is 3.87. The molecule has 3 aliphatic rings. The molecule has 3 unspecified atom stereocenters. The van der Waals surface area contributed by atoms with Crippen molar-refractivity contribution in [3.8, 4) is 0 Å². The van der Waals surface area contributed by atoms with Crippen molar-refractivity contribution in [2.24, 2.45) is 5.41 Å². The average Bonchev–Trinajstić information content (AvgIpc) is 2.49. The summed E-state index contributed by atoms with van der Waals surface area (Å²) in [6.07, 6.45) is 2.07. The van der Waals surface area contributed by atoms with Crippen molar-refractivity contribution in [2.75, 3.05) is 13.2 Å². The van der Waals surface area contributed by atoms with E-state index in [4.69, 9.17) is 9.47 Å². The molecular weight excluding hydrogens is 348 g/mol. The SMILES string of the molecule is CCOC(=O)CN(C(=O)C(C)(C)C)C1CCC2CC1N2C(=O)OC(C)(C)C. The predicted molar refractivity (Wildman–Crippen MR) is 101 cm³/mol. The molecule has 3 atom stereocenters. The van der Waals surface area contributed by atoms with E-state index in [0.717, 1.165) is 19.3 Å². The van der Waals surface area contributed by atoms with Crippen LogP contribution in [-0.4, -0.2) is 64.6 Å². The monoisotopic (exact) mass is 382 g/mol. The predicted octanol–water partition coefficient (Wildman–Crippen LogP) is 2.96. The molecule has 3 fully saturated rings. The molecule has 0 radical (unpaired) electrons. The molecule has 0 aromatic heterocycles. The van der Waals surface area contributed by atoms with Gasteiger partial charge in [0.25, 0.3) is 0 Å². The lowest BCUT2D eigenvalue weighted by Crippen LogP contribution is -2.71. The quantitative estimate of drug-likeness (QED) is 0.699. The van der Waals surface area contributed by atoms with Crippen molar-refractivity contribution in [1.82, 2.24) is 9.80 Å². The Morgan fingerprint density at radius 3 is 2.19 bits per heavy atom. The number of hydrogen-bond donors (Lipinski definition) is 0. The first kappa shape index (κ1) is 21.5. The summed E-state index contributed by atoms with van der Waals surface area (Å²) in [5, 5.41) is 0. The number of carbonyl (C=O) groups excluding carboxylic acids is 3. The van der Waals surface area contributed by atoms with Gasteiger partial charge in [-0.2, -0.15) is 0 Å². The number of fused-ring (bicyclic) bond motifs is 2. The van der Waals surface area contributed by atoms with E-state index in [1.54, 1.807) is 16.7 Å². The Balaban J connectivity index is 2.21. The maximum Gasteiger partial charge on any atom is 0.410 e. The molecular formula is C20H34N2O5. The summed E-state index contributed by atoms with van der Waals surface area (Å²) in [6.45, 7) is 13.0. The van der Waals surface area contributed by atoms with E-state index in [2.05, 4.69) is 0 Å². The Labute approximate surface area is 162 Å². The first-order valence-electron chi connectivity index (χ1n) is 9.83. The first-order chi connectivity index (χ1) is 12.3. The molecule has 7 heteroatoms. The summed E-state index contributed by atoms with van der Waals surface area (Å²) in [7, 11) is 0. The molecule has 0 aromatic rings. The van der Waals surface area contributed by atoms with E-state index >= 15 is 0 Å². The number of piperidine rings is 1. The lowest BCUT2D eigenvalue weighted by molar-refractivity contribution is -0.160. The molecule has 0 N–H and O–H groups in total. The van der Waals surface area contributed by atoms with Gasteiger partial charge in [0.1, 0.15) is 12.1 Å². The van der Waals surface area contributed by atoms with Crippen LogP contribution in [0.2, 0.25) is 0 Å². The Bertz CT molecular complexity index is 588. The van der Waals surface area contributed by atoms with Gasteiger partial charge in [-0.1, -0.05) is 20.8 Å². The number of carbonyl (C=O) groups is 3. The van der Waals surface area contributed by atoms with Crippen molar-refractivity contribution in [3.63, 3.8) is 0 Å². The third-order valence-corrected chi connectivity index (χ3v) is 5.02. The number of hydrogen-bond acceptors (Lipinski definition) is 5. The molecule has 3 rings (SSSR count). The highest BCUT2D eigenvalue weighted by atomic mass is 16.6. The van der Waals surface area contributed by atoms with E-state index in [9.17, 15) is 14.4 Å². The number of nitrogens with zero attached hydrogens (tertiary/aromatic N) is 2. The highest BCUT2D eigenvalue weighted by Gasteiger charge is 2.54. The van der Waals surface area contributed by atoms with Crippen molar-refractivity contribution >= 4 is 18.0 Å². The zero-order valence-electron chi connectivity index (χ0n) is 17.7. The largest absolute Gasteiger partial charge is 0.465 e. The van der Waals surface area contributed by atoms with Gasteiger partial charge in [0.05, 0.1) is 18.7 Å². The summed E-state index contributed by atoms with van der Waals surface area (Å²) in [5.41, 5.74) is -1.19. The average molecular weight is 383 g/mol. The molecule has 1 saturated carbocycles. The van der Waals surface area contributed by atoms with Gasteiger partial charge in [-0.15, -0.1) is 0 Å². The van der Waals surface area contributed by atoms with Gasteiger partial charge < -0.3 is 19.3 Å². The topological polar surface area (TPSA) is 76.2 Å². The maximum atomic E-state index is 13.1. The minimum atomic E-state index is -0.621. The minimum absolute atomic E-state index is 0.0854. The lowest BCUT2D eigenvalue weighted by Gasteiger charge is -2.58. The van der Waals surface area contributed by atoms with Crippen LogP contribution in [0.15, 0.2) is 0 Å². The molecule has 2 saturated heterocycles. The molecule has 2 bridgehead atoms. The summed E-state index contributed by atoms with van der Waals surface area (Å²) in [5.74, 6) is -0.518. The minimum Gasteiger partial charge on any atom is -0.465 e. The van der Waals surface area contributed by atoms with E-state index < -0.39 is 17.0 Å². The summed E-state index contributed by atoms with van der Waals surface area (Å²) >= 11 is 0. The van der Waals surface area contributed by atoms with Crippen LogP contribution in [0.4, 0.5) is 4.79 Å². The molecule has 0 aromatic carbocycles. The highest BCUT2D eigenvalue weighted by molar-refractivity contribution is 5.86. The molecule has 154 valence electrons. The van der Waals surface area contributed by atoms with E-state index in [0.29, 0.717) is 0 Å². The summed E-state index contributed by atoms with van der Waals surface area (Å²) in [4.78, 5) is 41.2. The Kier molecular flexibility index (Phi) is 6.12. The van der Waals surface area contributed by atoms with E-state index in [1.165, 1.54) is 0 Å². The van der Waals surface area contributed by atoms with Gasteiger partial charge in [0.15, 0.2) is 0 Å². The van der Waals surface area contributed by atoms with Crippen LogP contribution < -0.4 is 0 Å².